The fraction of sp³-hybridized carbons (Fsp3) is 0.538. The summed E-state index contributed by atoms with van der Waals surface area (Å²) in [7, 11) is -2.90. The molecule has 1 N–H and O–H groups in total. The Balaban J connectivity index is 2.26. The van der Waals surface area contributed by atoms with Crippen molar-refractivity contribution in [1.29, 1.82) is 0 Å². The van der Waals surface area contributed by atoms with Crippen LogP contribution < -0.4 is 4.90 Å². The molecule has 2 atom stereocenters. The minimum absolute atomic E-state index is 0.0250. The lowest BCUT2D eigenvalue weighted by Gasteiger charge is -2.35. The van der Waals surface area contributed by atoms with E-state index in [9.17, 15) is 13.5 Å². The number of rotatable bonds is 2. The van der Waals surface area contributed by atoms with E-state index >= 15 is 0 Å². The topological polar surface area (TPSA) is 57.6 Å². The molecule has 0 amide bonds. The molecule has 1 heterocycles. The fourth-order valence-corrected chi connectivity index (χ4v) is 4.67. The molecule has 106 valence electrons. The lowest BCUT2D eigenvalue weighted by Crippen LogP contribution is -2.47. The summed E-state index contributed by atoms with van der Waals surface area (Å²) in [6, 6.07) is 5.72. The van der Waals surface area contributed by atoms with Crippen LogP contribution in [0.25, 0.3) is 0 Å². The van der Waals surface area contributed by atoms with Crippen molar-refractivity contribution in [1.82, 2.24) is 0 Å². The molecule has 1 unspecified atom stereocenters. The molecule has 1 saturated heterocycles. The molecular weight excluding hydrogens is 330 g/mol. The second-order valence-corrected chi connectivity index (χ2v) is 8.12. The molecule has 0 spiro atoms. The minimum Gasteiger partial charge on any atom is -0.389 e. The van der Waals surface area contributed by atoms with Gasteiger partial charge < -0.3 is 10.0 Å². The number of hydrogen-bond donors (Lipinski definition) is 1. The van der Waals surface area contributed by atoms with Crippen LogP contribution in [-0.2, 0) is 9.84 Å². The Morgan fingerprint density at radius 2 is 2.16 bits per heavy atom. The summed E-state index contributed by atoms with van der Waals surface area (Å²) in [5, 5.41) is 9.60. The van der Waals surface area contributed by atoms with Crippen molar-refractivity contribution in [3.05, 3.63) is 28.2 Å². The van der Waals surface area contributed by atoms with Gasteiger partial charge in [0.05, 0.1) is 17.6 Å². The summed E-state index contributed by atoms with van der Waals surface area (Å²) in [5.74, 6) is 0.399. The molecule has 19 heavy (non-hydrogen) atoms. The van der Waals surface area contributed by atoms with Gasteiger partial charge in [-0.3, -0.25) is 0 Å². The molecule has 1 aliphatic rings. The second kappa shape index (κ2) is 5.42. The molecule has 0 saturated carbocycles. The van der Waals surface area contributed by atoms with Gasteiger partial charge in [-0.1, -0.05) is 22.0 Å². The molecule has 2 rings (SSSR count). The third-order valence-electron chi connectivity index (χ3n) is 3.44. The van der Waals surface area contributed by atoms with Gasteiger partial charge in [0.25, 0.3) is 0 Å². The SMILES string of the molecule is CC1CS(=O)(=O)CCN1c1ccc([C@@H](C)O)c(Br)c1. The number of nitrogens with zero attached hydrogens (tertiary/aromatic N) is 1. The van der Waals surface area contributed by atoms with E-state index in [-0.39, 0.29) is 17.5 Å². The highest BCUT2D eigenvalue weighted by molar-refractivity contribution is 9.10. The van der Waals surface area contributed by atoms with Crippen molar-refractivity contribution in [2.75, 3.05) is 23.0 Å². The number of hydrogen-bond acceptors (Lipinski definition) is 4. The van der Waals surface area contributed by atoms with Crippen LogP contribution in [0, 0.1) is 0 Å². The Kier molecular flexibility index (Phi) is 4.23. The number of halogens is 1. The summed E-state index contributed by atoms with van der Waals surface area (Å²) in [4.78, 5) is 2.09. The monoisotopic (exact) mass is 347 g/mol. The van der Waals surface area contributed by atoms with Crippen molar-refractivity contribution in [3.8, 4) is 0 Å². The standard InChI is InChI=1S/C13H18BrNO3S/c1-9-8-19(17,18)6-5-15(9)11-3-4-12(10(2)16)13(14)7-11/h3-4,7,9-10,16H,5-6,8H2,1-2H3/t9?,10-/m1/s1. The smallest absolute Gasteiger partial charge is 0.154 e. The Labute approximate surface area is 122 Å². The second-order valence-electron chi connectivity index (χ2n) is 5.04. The molecule has 0 aliphatic carbocycles. The molecule has 4 nitrogen and oxygen atoms in total. The highest BCUT2D eigenvalue weighted by Gasteiger charge is 2.28. The van der Waals surface area contributed by atoms with Crippen molar-refractivity contribution >= 4 is 31.5 Å². The molecule has 0 bridgehead atoms. The normalized spacial score (nSPS) is 24.2. The Bertz CT molecular complexity index is 571. The first kappa shape index (κ1) is 14.8. The van der Waals surface area contributed by atoms with Crippen LogP contribution in [0.2, 0.25) is 0 Å². The van der Waals surface area contributed by atoms with E-state index in [1.54, 1.807) is 6.92 Å². The molecule has 0 radical (unpaired) electrons. The van der Waals surface area contributed by atoms with Gasteiger partial charge in [0.1, 0.15) is 0 Å². The first-order valence-corrected chi connectivity index (χ1v) is 8.86. The van der Waals surface area contributed by atoms with E-state index in [1.165, 1.54) is 0 Å². The molecule has 0 aromatic heterocycles. The minimum atomic E-state index is -2.90. The summed E-state index contributed by atoms with van der Waals surface area (Å²) in [5.41, 5.74) is 1.82. The maximum absolute atomic E-state index is 11.6. The summed E-state index contributed by atoms with van der Waals surface area (Å²) < 4.78 is 24.0. The predicted molar refractivity (Wildman–Crippen MR) is 80.2 cm³/mol. The van der Waals surface area contributed by atoms with Gasteiger partial charge in [-0.15, -0.1) is 0 Å². The van der Waals surface area contributed by atoms with Crippen LogP contribution >= 0.6 is 15.9 Å². The van der Waals surface area contributed by atoms with Crippen LogP contribution in [0.5, 0.6) is 0 Å². The molecular formula is C13H18BrNO3S. The number of anilines is 1. The zero-order valence-corrected chi connectivity index (χ0v) is 13.4. The van der Waals surface area contributed by atoms with Gasteiger partial charge in [0.2, 0.25) is 0 Å². The summed E-state index contributed by atoms with van der Waals surface area (Å²) in [6.45, 7) is 4.16. The van der Waals surface area contributed by atoms with E-state index in [1.807, 2.05) is 25.1 Å². The Hall–Kier alpha value is -0.590. The lowest BCUT2D eigenvalue weighted by molar-refractivity contribution is 0.198. The summed E-state index contributed by atoms with van der Waals surface area (Å²) >= 11 is 3.45. The highest BCUT2D eigenvalue weighted by Crippen LogP contribution is 2.30. The number of aliphatic hydroxyl groups is 1. The van der Waals surface area contributed by atoms with Gasteiger partial charge in [-0.25, -0.2) is 8.42 Å². The van der Waals surface area contributed by atoms with Crippen LogP contribution in [0.3, 0.4) is 0 Å². The maximum Gasteiger partial charge on any atom is 0.154 e. The largest absolute Gasteiger partial charge is 0.389 e. The Morgan fingerprint density at radius 3 is 2.68 bits per heavy atom. The number of aliphatic hydroxyl groups excluding tert-OH is 1. The van der Waals surface area contributed by atoms with Crippen LogP contribution in [0.4, 0.5) is 5.69 Å². The quantitative estimate of drug-likeness (QED) is 0.890. The van der Waals surface area contributed by atoms with E-state index in [0.717, 1.165) is 15.7 Å². The molecule has 1 aromatic rings. The average Bonchev–Trinajstić information content (AvgIpc) is 2.26. The van der Waals surface area contributed by atoms with Crippen molar-refractivity contribution in [3.63, 3.8) is 0 Å². The first-order chi connectivity index (χ1) is 8.80. The van der Waals surface area contributed by atoms with Crippen molar-refractivity contribution in [2.24, 2.45) is 0 Å². The average molecular weight is 348 g/mol. The summed E-state index contributed by atoms with van der Waals surface area (Å²) in [6.07, 6.45) is -0.525. The fourth-order valence-electron chi connectivity index (χ4n) is 2.42. The molecule has 1 fully saturated rings. The van der Waals surface area contributed by atoms with Crippen molar-refractivity contribution in [2.45, 2.75) is 26.0 Å². The van der Waals surface area contributed by atoms with E-state index < -0.39 is 15.9 Å². The van der Waals surface area contributed by atoms with Gasteiger partial charge in [0, 0.05) is 22.7 Å². The third kappa shape index (κ3) is 3.30. The van der Waals surface area contributed by atoms with Gasteiger partial charge in [0.15, 0.2) is 9.84 Å². The van der Waals surface area contributed by atoms with Crippen LogP contribution in [0.15, 0.2) is 22.7 Å². The molecule has 1 aromatic carbocycles. The van der Waals surface area contributed by atoms with E-state index in [4.69, 9.17) is 0 Å². The van der Waals surface area contributed by atoms with Crippen LogP contribution in [0.1, 0.15) is 25.5 Å². The first-order valence-electron chi connectivity index (χ1n) is 6.25. The zero-order chi connectivity index (χ0) is 14.2. The number of sulfone groups is 1. The maximum atomic E-state index is 11.6. The molecule has 6 heteroatoms. The van der Waals surface area contributed by atoms with Gasteiger partial charge in [-0.05, 0) is 31.5 Å². The lowest BCUT2D eigenvalue weighted by atomic mass is 10.1. The zero-order valence-electron chi connectivity index (χ0n) is 11.0. The van der Waals surface area contributed by atoms with E-state index in [2.05, 4.69) is 20.8 Å². The number of benzene rings is 1. The van der Waals surface area contributed by atoms with Gasteiger partial charge in [-0.2, -0.15) is 0 Å². The van der Waals surface area contributed by atoms with Crippen molar-refractivity contribution < 1.29 is 13.5 Å². The molecule has 1 aliphatic heterocycles. The highest BCUT2D eigenvalue weighted by atomic mass is 79.9. The Morgan fingerprint density at radius 1 is 1.47 bits per heavy atom. The van der Waals surface area contributed by atoms with Crippen LogP contribution in [-0.4, -0.2) is 37.6 Å². The van der Waals surface area contributed by atoms with E-state index in [0.29, 0.717) is 6.54 Å². The van der Waals surface area contributed by atoms with Gasteiger partial charge >= 0.3 is 0 Å². The third-order valence-corrected chi connectivity index (χ3v) is 5.92. The predicted octanol–water partition coefficient (Wildman–Crippen LogP) is 2.13.